The first-order valence-corrected chi connectivity index (χ1v) is 17.5. The van der Waals surface area contributed by atoms with E-state index in [0.717, 1.165) is 5.69 Å². The highest BCUT2D eigenvalue weighted by Crippen LogP contribution is 2.39. The van der Waals surface area contributed by atoms with E-state index in [-0.39, 0.29) is 0 Å². The van der Waals surface area contributed by atoms with Crippen LogP contribution in [0.15, 0.2) is 188 Å². The molecule has 0 saturated heterocycles. The summed E-state index contributed by atoms with van der Waals surface area (Å²) in [5, 5.41) is 15.9. The Morgan fingerprint density at radius 2 is 0.490 bits per heavy atom. The summed E-state index contributed by atoms with van der Waals surface area (Å²) in [6.45, 7) is 0. The molecule has 0 aromatic heterocycles. The lowest BCUT2D eigenvalue weighted by Gasteiger charge is -2.13. The molecule has 11 rings (SSSR count). The summed E-state index contributed by atoms with van der Waals surface area (Å²) in [7, 11) is 0. The molecule has 0 heterocycles. The van der Waals surface area contributed by atoms with Crippen LogP contribution in [0.5, 0.6) is 0 Å². The molecule has 2 N–H and O–H groups in total. The van der Waals surface area contributed by atoms with Crippen molar-refractivity contribution in [1.82, 2.24) is 0 Å². The van der Waals surface area contributed by atoms with Crippen molar-refractivity contribution in [2.75, 3.05) is 5.73 Å². The third-order valence-corrected chi connectivity index (χ3v) is 10.5. The number of nitrogen functional groups attached to an aromatic ring is 1. The highest BCUT2D eigenvalue weighted by Gasteiger charge is 2.12. The third kappa shape index (κ3) is 5.02. The monoisotopic (exact) mass is 647 g/mol. The van der Waals surface area contributed by atoms with Crippen molar-refractivity contribution in [2.45, 2.75) is 0 Å². The topological polar surface area (TPSA) is 26.0 Å². The van der Waals surface area contributed by atoms with E-state index in [9.17, 15) is 0 Å². The average Bonchev–Trinajstić information content (AvgIpc) is 3.19. The fraction of sp³-hybridized carbons (Fsp3) is 0. The van der Waals surface area contributed by atoms with Gasteiger partial charge in [0, 0.05) is 5.69 Å². The van der Waals surface area contributed by atoms with E-state index >= 15 is 0 Å². The Morgan fingerprint density at radius 3 is 0.784 bits per heavy atom. The number of anilines is 1. The van der Waals surface area contributed by atoms with E-state index in [4.69, 9.17) is 5.73 Å². The fourth-order valence-corrected chi connectivity index (χ4v) is 8.00. The molecule has 0 atom stereocenters. The molecule has 51 heavy (non-hydrogen) atoms. The highest BCUT2D eigenvalue weighted by atomic mass is 14.5. The van der Waals surface area contributed by atoms with Crippen LogP contribution >= 0.6 is 0 Å². The number of nitrogens with two attached hydrogens (primary N) is 1. The van der Waals surface area contributed by atoms with Crippen molar-refractivity contribution in [3.63, 3.8) is 0 Å². The Morgan fingerprint density at radius 1 is 0.216 bits per heavy atom. The van der Waals surface area contributed by atoms with Crippen LogP contribution in [0.3, 0.4) is 0 Å². The van der Waals surface area contributed by atoms with Crippen molar-refractivity contribution in [1.29, 1.82) is 0 Å². The van der Waals surface area contributed by atoms with Gasteiger partial charge in [0.1, 0.15) is 0 Å². The van der Waals surface area contributed by atoms with Crippen LogP contribution in [0.4, 0.5) is 5.69 Å². The van der Waals surface area contributed by atoms with Crippen LogP contribution in [0, 0.1) is 0 Å². The standard InChI is InChI=1S/C44H26.C6H7N/c1-3-31-15-19-35-23-39(24-36-20-16-32(4-1)41(31)43(35)36)29-11-7-27(8-12-29)28-9-13-30(14-10-28)40-25-37-21-17-33-5-2-6-34-18-22-38(26-40)44(37)42(33)34;7-6-4-2-1-3-5-6/h1-26H;1-5H,7H2. The van der Waals surface area contributed by atoms with Gasteiger partial charge in [0.25, 0.3) is 0 Å². The van der Waals surface area contributed by atoms with E-state index < -0.39 is 0 Å². The van der Waals surface area contributed by atoms with Crippen LogP contribution in [-0.4, -0.2) is 0 Å². The largest absolute Gasteiger partial charge is 0.399 e. The Balaban J connectivity index is 0.000000422. The molecule has 0 unspecified atom stereocenters. The van der Waals surface area contributed by atoms with E-state index in [2.05, 4.69) is 158 Å². The van der Waals surface area contributed by atoms with Crippen LogP contribution in [0.25, 0.3) is 98.0 Å². The summed E-state index contributed by atoms with van der Waals surface area (Å²) < 4.78 is 0. The van der Waals surface area contributed by atoms with Gasteiger partial charge in [0.15, 0.2) is 0 Å². The lowest BCUT2D eigenvalue weighted by Crippen LogP contribution is -1.87. The van der Waals surface area contributed by atoms with Gasteiger partial charge in [0.05, 0.1) is 0 Å². The van der Waals surface area contributed by atoms with Crippen molar-refractivity contribution in [3.05, 3.63) is 188 Å². The van der Waals surface area contributed by atoms with Crippen molar-refractivity contribution >= 4 is 70.3 Å². The number of rotatable bonds is 3. The third-order valence-electron chi connectivity index (χ3n) is 10.5. The van der Waals surface area contributed by atoms with Crippen LogP contribution < -0.4 is 5.73 Å². The van der Waals surface area contributed by atoms with Crippen LogP contribution in [-0.2, 0) is 0 Å². The number of para-hydroxylation sites is 1. The fourth-order valence-electron chi connectivity index (χ4n) is 8.00. The molecule has 0 fully saturated rings. The summed E-state index contributed by atoms with van der Waals surface area (Å²) in [4.78, 5) is 0. The van der Waals surface area contributed by atoms with Gasteiger partial charge in [-0.25, -0.2) is 0 Å². The smallest absolute Gasteiger partial charge is 0.0313 e. The second-order valence-electron chi connectivity index (χ2n) is 13.6. The van der Waals surface area contributed by atoms with Gasteiger partial charge in [-0.05, 0) is 134 Å². The van der Waals surface area contributed by atoms with Gasteiger partial charge in [0.2, 0.25) is 0 Å². The number of benzene rings is 11. The minimum absolute atomic E-state index is 0.822. The van der Waals surface area contributed by atoms with Crippen LogP contribution in [0.1, 0.15) is 0 Å². The maximum Gasteiger partial charge on any atom is 0.0313 e. The first kappa shape index (κ1) is 29.2. The first-order chi connectivity index (χ1) is 25.2. The molecule has 1 nitrogen and oxygen atoms in total. The van der Waals surface area contributed by atoms with Crippen molar-refractivity contribution < 1.29 is 0 Å². The van der Waals surface area contributed by atoms with E-state index in [1.54, 1.807) is 0 Å². The average molecular weight is 648 g/mol. The van der Waals surface area contributed by atoms with E-state index in [1.165, 1.54) is 98.0 Å². The minimum Gasteiger partial charge on any atom is -0.399 e. The lowest BCUT2D eigenvalue weighted by atomic mass is 9.90. The van der Waals surface area contributed by atoms with Crippen molar-refractivity contribution in [3.8, 4) is 33.4 Å². The summed E-state index contributed by atoms with van der Waals surface area (Å²) in [5.41, 5.74) is 13.6. The molecule has 0 aliphatic carbocycles. The predicted octanol–water partition coefficient (Wildman–Crippen LogP) is 13.8. The van der Waals surface area contributed by atoms with Gasteiger partial charge in [-0.3, -0.25) is 0 Å². The molecular formula is C50H33N. The molecular weight excluding hydrogens is 615 g/mol. The van der Waals surface area contributed by atoms with Gasteiger partial charge in [-0.1, -0.05) is 152 Å². The van der Waals surface area contributed by atoms with Gasteiger partial charge in [-0.15, -0.1) is 0 Å². The van der Waals surface area contributed by atoms with E-state index in [0.29, 0.717) is 0 Å². The SMILES string of the molecule is Nc1ccccc1.c1cc2ccc3cc(-c4ccc(-c5ccc(-c6cc7ccc8cccc9ccc(c6)c7c89)cc5)cc4)cc4ccc(c1)c2c34. The number of hydrogen-bond donors (Lipinski definition) is 1. The zero-order valence-electron chi connectivity index (χ0n) is 28.0. The Bertz CT molecular complexity index is 2680. The molecule has 11 aromatic rings. The molecule has 11 aromatic carbocycles. The second-order valence-corrected chi connectivity index (χ2v) is 13.6. The summed E-state index contributed by atoms with van der Waals surface area (Å²) in [6, 6.07) is 68.1. The summed E-state index contributed by atoms with van der Waals surface area (Å²) in [5.74, 6) is 0. The molecule has 0 aliphatic rings. The second kappa shape index (κ2) is 11.7. The maximum absolute atomic E-state index is 5.36. The summed E-state index contributed by atoms with van der Waals surface area (Å²) >= 11 is 0. The highest BCUT2D eigenvalue weighted by molar-refractivity contribution is 6.24. The Hall–Kier alpha value is -6.70. The Kier molecular flexibility index (Phi) is 6.72. The molecule has 1 heteroatoms. The molecule has 0 radical (unpaired) electrons. The minimum atomic E-state index is 0.822. The Labute approximate surface area is 296 Å². The predicted molar refractivity (Wildman–Crippen MR) is 221 cm³/mol. The molecule has 0 spiro atoms. The molecule has 0 bridgehead atoms. The van der Waals surface area contributed by atoms with Crippen LogP contribution in [0.2, 0.25) is 0 Å². The normalized spacial score (nSPS) is 11.6. The van der Waals surface area contributed by atoms with Crippen molar-refractivity contribution in [2.24, 2.45) is 0 Å². The number of hydrogen-bond acceptors (Lipinski definition) is 1. The first-order valence-electron chi connectivity index (χ1n) is 17.5. The molecule has 0 saturated carbocycles. The van der Waals surface area contributed by atoms with Gasteiger partial charge >= 0.3 is 0 Å². The zero-order chi connectivity index (χ0) is 33.9. The van der Waals surface area contributed by atoms with E-state index in [1.807, 2.05) is 30.3 Å². The zero-order valence-corrected chi connectivity index (χ0v) is 28.0. The molecule has 238 valence electrons. The maximum atomic E-state index is 5.36. The van der Waals surface area contributed by atoms with Gasteiger partial charge < -0.3 is 5.73 Å². The quantitative estimate of drug-likeness (QED) is 0.150. The molecule has 0 amide bonds. The summed E-state index contributed by atoms with van der Waals surface area (Å²) in [6.07, 6.45) is 0. The molecule has 0 aliphatic heterocycles. The lowest BCUT2D eigenvalue weighted by molar-refractivity contribution is 1.59. The van der Waals surface area contributed by atoms with Gasteiger partial charge in [-0.2, -0.15) is 0 Å².